The number of hydrogen-bond donors (Lipinski definition) is 1. The number of likely N-dealkylation sites (tertiary alicyclic amines) is 1. The van der Waals surface area contributed by atoms with Gasteiger partial charge in [-0.3, -0.25) is 9.59 Å². The number of fused-ring (bicyclic) bond motifs is 1. The molecule has 0 aromatic carbocycles. The largest absolute Gasteiger partial charge is 0.501 e. The lowest BCUT2D eigenvalue weighted by atomic mass is 9.88. The number of ether oxygens (including phenoxy) is 2. The van der Waals surface area contributed by atoms with Crippen LogP contribution in [0.15, 0.2) is 11.8 Å². The van der Waals surface area contributed by atoms with Crippen LogP contribution in [-0.4, -0.2) is 55.2 Å². The number of rotatable bonds is 4. The molecule has 3 fully saturated rings. The topological polar surface area (TPSA) is 67.9 Å². The van der Waals surface area contributed by atoms with Gasteiger partial charge in [0.05, 0.1) is 25.0 Å². The second kappa shape index (κ2) is 8.21. The van der Waals surface area contributed by atoms with E-state index in [0.717, 1.165) is 57.4 Å². The lowest BCUT2D eigenvalue weighted by Gasteiger charge is -2.36. The quantitative estimate of drug-likeness (QED) is 0.817. The summed E-state index contributed by atoms with van der Waals surface area (Å²) in [7, 11) is 0. The third-order valence-corrected chi connectivity index (χ3v) is 6.98. The van der Waals surface area contributed by atoms with Gasteiger partial charge in [-0.15, -0.1) is 0 Å². The van der Waals surface area contributed by atoms with E-state index in [1.807, 2.05) is 4.90 Å². The van der Waals surface area contributed by atoms with E-state index in [0.29, 0.717) is 24.4 Å². The lowest BCUT2D eigenvalue weighted by Crippen LogP contribution is -2.49. The molecule has 6 heteroatoms. The van der Waals surface area contributed by atoms with E-state index in [4.69, 9.17) is 9.47 Å². The van der Waals surface area contributed by atoms with E-state index in [9.17, 15) is 9.59 Å². The van der Waals surface area contributed by atoms with Crippen molar-refractivity contribution in [2.24, 2.45) is 17.8 Å². The van der Waals surface area contributed by atoms with E-state index in [2.05, 4.69) is 12.2 Å². The second-order valence-corrected chi connectivity index (χ2v) is 8.65. The minimum Gasteiger partial charge on any atom is -0.501 e. The minimum absolute atomic E-state index is 0.00710. The van der Waals surface area contributed by atoms with Gasteiger partial charge in [-0.25, -0.2) is 0 Å². The van der Waals surface area contributed by atoms with Crippen LogP contribution < -0.4 is 5.32 Å². The zero-order chi connectivity index (χ0) is 18.8. The first-order valence-corrected chi connectivity index (χ1v) is 10.7. The summed E-state index contributed by atoms with van der Waals surface area (Å²) < 4.78 is 11.1. The number of piperidine rings is 1. The smallest absolute Gasteiger partial charge is 0.251 e. The molecule has 150 valence electrons. The van der Waals surface area contributed by atoms with Crippen molar-refractivity contribution >= 4 is 11.8 Å². The number of carbonyl (C=O) groups is 2. The summed E-state index contributed by atoms with van der Waals surface area (Å²) in [6, 6.07) is 0.111. The van der Waals surface area contributed by atoms with E-state index < -0.39 is 0 Å². The monoisotopic (exact) mass is 376 g/mol. The van der Waals surface area contributed by atoms with Crippen LogP contribution in [0.4, 0.5) is 0 Å². The summed E-state index contributed by atoms with van der Waals surface area (Å²) in [6.07, 6.45) is 8.55. The Bertz CT molecular complexity index is 597. The van der Waals surface area contributed by atoms with Crippen LogP contribution in [0.3, 0.4) is 0 Å². The van der Waals surface area contributed by atoms with Gasteiger partial charge in [0.15, 0.2) is 0 Å². The van der Waals surface area contributed by atoms with Gasteiger partial charge in [0.25, 0.3) is 11.8 Å². The van der Waals surface area contributed by atoms with Crippen LogP contribution in [0.2, 0.25) is 0 Å². The van der Waals surface area contributed by atoms with E-state index in [-0.39, 0.29) is 24.0 Å². The molecule has 0 aromatic rings. The maximum atomic E-state index is 12.9. The Hall–Kier alpha value is -1.56. The third kappa shape index (κ3) is 4.00. The first-order chi connectivity index (χ1) is 13.1. The maximum Gasteiger partial charge on any atom is 0.251 e. The van der Waals surface area contributed by atoms with Crippen molar-refractivity contribution in [1.82, 2.24) is 10.2 Å². The van der Waals surface area contributed by atoms with Gasteiger partial charge in [0.2, 0.25) is 0 Å². The number of hydrogen-bond acceptors (Lipinski definition) is 4. The van der Waals surface area contributed by atoms with E-state index in [1.54, 1.807) is 6.26 Å². The first-order valence-electron chi connectivity index (χ1n) is 10.7. The fourth-order valence-corrected chi connectivity index (χ4v) is 5.22. The van der Waals surface area contributed by atoms with E-state index in [1.165, 1.54) is 12.8 Å². The predicted molar refractivity (Wildman–Crippen MR) is 101 cm³/mol. The zero-order valence-electron chi connectivity index (χ0n) is 16.3. The van der Waals surface area contributed by atoms with Crippen molar-refractivity contribution in [1.29, 1.82) is 0 Å². The van der Waals surface area contributed by atoms with Crippen molar-refractivity contribution in [3.8, 4) is 0 Å². The molecule has 0 radical (unpaired) electrons. The molecule has 1 saturated carbocycles. The van der Waals surface area contributed by atoms with Gasteiger partial charge in [0, 0.05) is 19.1 Å². The van der Waals surface area contributed by atoms with Crippen molar-refractivity contribution in [2.75, 3.05) is 26.3 Å². The molecule has 2 saturated heterocycles. The van der Waals surface area contributed by atoms with Crippen LogP contribution >= 0.6 is 0 Å². The van der Waals surface area contributed by atoms with Gasteiger partial charge in [-0.2, -0.15) is 0 Å². The molecule has 1 aliphatic carbocycles. The Kier molecular flexibility index (Phi) is 5.71. The zero-order valence-corrected chi connectivity index (χ0v) is 16.3. The molecular weight excluding hydrogens is 344 g/mol. The molecule has 0 bridgehead atoms. The number of nitrogens with zero attached hydrogens (tertiary/aromatic N) is 1. The van der Waals surface area contributed by atoms with Gasteiger partial charge >= 0.3 is 0 Å². The molecule has 3 aliphatic heterocycles. The lowest BCUT2D eigenvalue weighted by molar-refractivity contribution is -0.144. The average molecular weight is 376 g/mol. The van der Waals surface area contributed by atoms with Crippen LogP contribution in [-0.2, 0) is 19.1 Å². The third-order valence-electron chi connectivity index (χ3n) is 6.98. The minimum atomic E-state index is -0.204. The van der Waals surface area contributed by atoms with Gasteiger partial charge < -0.3 is 19.7 Å². The second-order valence-electron chi connectivity index (χ2n) is 8.65. The first kappa shape index (κ1) is 18.8. The van der Waals surface area contributed by atoms with Gasteiger partial charge in [-0.05, 0) is 63.2 Å². The van der Waals surface area contributed by atoms with Crippen molar-refractivity contribution in [2.45, 2.75) is 64.0 Å². The molecule has 0 spiro atoms. The SMILES string of the molecule is C[C@@H](NC(=O)C1=COCCC1)C1CCN(C(=O)[C@@H]2OC[C@@H]3CCC[C@@H]32)CC1. The van der Waals surface area contributed by atoms with Crippen LogP contribution in [0.25, 0.3) is 0 Å². The van der Waals surface area contributed by atoms with Crippen LogP contribution in [0.1, 0.15) is 51.9 Å². The highest BCUT2D eigenvalue weighted by molar-refractivity contribution is 5.93. The fraction of sp³-hybridized carbons (Fsp3) is 0.810. The maximum absolute atomic E-state index is 12.9. The normalized spacial score (nSPS) is 32.4. The molecule has 2 amide bonds. The van der Waals surface area contributed by atoms with Crippen LogP contribution in [0.5, 0.6) is 0 Å². The average Bonchev–Trinajstić information content (AvgIpc) is 3.32. The molecule has 4 aliphatic rings. The highest BCUT2D eigenvalue weighted by Gasteiger charge is 2.45. The van der Waals surface area contributed by atoms with Crippen molar-refractivity contribution < 1.29 is 19.1 Å². The van der Waals surface area contributed by atoms with Gasteiger partial charge in [0.1, 0.15) is 6.10 Å². The number of nitrogens with one attached hydrogen (secondary N) is 1. The summed E-state index contributed by atoms with van der Waals surface area (Å²) in [5.41, 5.74) is 0.741. The molecule has 4 rings (SSSR count). The molecule has 3 heterocycles. The molecular formula is C21H32N2O4. The number of carbonyl (C=O) groups excluding carboxylic acids is 2. The summed E-state index contributed by atoms with van der Waals surface area (Å²) in [6.45, 7) is 5.08. The van der Waals surface area contributed by atoms with Gasteiger partial charge in [-0.1, -0.05) is 6.42 Å². The highest BCUT2D eigenvalue weighted by atomic mass is 16.5. The Morgan fingerprint density at radius 1 is 1.19 bits per heavy atom. The molecule has 6 nitrogen and oxygen atoms in total. The molecule has 4 atom stereocenters. The Labute approximate surface area is 161 Å². The molecule has 0 unspecified atom stereocenters. The molecule has 1 N–H and O–H groups in total. The molecule has 0 aromatic heterocycles. The Morgan fingerprint density at radius 2 is 2.00 bits per heavy atom. The summed E-state index contributed by atoms with van der Waals surface area (Å²) in [5.74, 6) is 1.65. The van der Waals surface area contributed by atoms with E-state index >= 15 is 0 Å². The Balaban J connectivity index is 1.25. The van der Waals surface area contributed by atoms with Crippen molar-refractivity contribution in [3.63, 3.8) is 0 Å². The Morgan fingerprint density at radius 3 is 2.74 bits per heavy atom. The summed E-state index contributed by atoms with van der Waals surface area (Å²) in [4.78, 5) is 27.3. The fourth-order valence-electron chi connectivity index (χ4n) is 5.22. The summed E-state index contributed by atoms with van der Waals surface area (Å²) >= 11 is 0. The predicted octanol–water partition coefficient (Wildman–Crippen LogP) is 2.24. The van der Waals surface area contributed by atoms with Crippen molar-refractivity contribution in [3.05, 3.63) is 11.8 Å². The number of amides is 2. The van der Waals surface area contributed by atoms with Crippen LogP contribution in [0, 0.1) is 17.8 Å². The molecule has 27 heavy (non-hydrogen) atoms. The highest BCUT2D eigenvalue weighted by Crippen LogP contribution is 2.41. The standard InChI is InChI=1S/C21H32N2O4/c1-14(22-20(24)17-5-3-11-26-12-17)15-7-9-23(10-8-15)21(25)19-18-6-2-4-16(18)13-27-19/h12,14-16,18-19H,2-11,13H2,1H3,(H,22,24)/t14-,16+,18+,19-/m1/s1. The summed E-state index contributed by atoms with van der Waals surface area (Å²) in [5, 5.41) is 3.13.